The summed E-state index contributed by atoms with van der Waals surface area (Å²) in [4.78, 5) is 25.1. The molecule has 0 aromatic heterocycles. The Morgan fingerprint density at radius 2 is 0.929 bits per heavy atom. The van der Waals surface area contributed by atoms with Gasteiger partial charge in [-0.05, 0) is 25.3 Å². The maximum Gasteiger partial charge on any atom is 0.306 e. The lowest BCUT2D eigenvalue weighted by molar-refractivity contribution is -0.870. The van der Waals surface area contributed by atoms with Crippen molar-refractivity contribution in [1.82, 2.24) is 0 Å². The van der Waals surface area contributed by atoms with Gasteiger partial charge in [0.05, 0.1) is 34.0 Å². The van der Waals surface area contributed by atoms with Crippen LogP contribution in [0.4, 0.5) is 0 Å². The van der Waals surface area contributed by atoms with Crippen molar-refractivity contribution in [3.8, 4) is 0 Å². The van der Waals surface area contributed by atoms with E-state index in [2.05, 4.69) is 13.8 Å². The number of nitrogens with zero attached hydrogens (tertiary/aromatic N) is 1. The number of carbonyl (C=O) groups excluding carboxylic acids is 1. The minimum absolute atomic E-state index is 0.0204. The van der Waals surface area contributed by atoms with E-state index >= 15 is 0 Å². The average Bonchev–Trinajstić information content (AvgIpc) is 3.15. The summed E-state index contributed by atoms with van der Waals surface area (Å²) in [5.41, 5.74) is 0. The molecule has 0 aliphatic rings. The molecule has 56 heavy (non-hydrogen) atoms. The fourth-order valence-electron chi connectivity index (χ4n) is 6.93. The predicted molar refractivity (Wildman–Crippen MR) is 236 cm³/mol. The number of esters is 1. The number of likely N-dealkylation sites (N-methyl/N-ethyl adjacent to an activating group) is 1. The van der Waals surface area contributed by atoms with Crippen molar-refractivity contribution in [2.24, 2.45) is 0 Å². The summed E-state index contributed by atoms with van der Waals surface area (Å²) in [5.74, 6) is -0.350. The number of hydrogen-bond donors (Lipinski definition) is 0. The third-order valence-electron chi connectivity index (χ3n) is 10.7. The van der Waals surface area contributed by atoms with E-state index in [1.54, 1.807) is 6.26 Å². The molecule has 0 heterocycles. The van der Waals surface area contributed by atoms with Gasteiger partial charge in [-0.3, -0.25) is 9.36 Å². The molecule has 1 unspecified atom stereocenters. The summed E-state index contributed by atoms with van der Waals surface area (Å²) < 4.78 is 34.4. The van der Waals surface area contributed by atoms with Gasteiger partial charge >= 0.3 is 5.97 Å². The molecule has 9 heteroatoms. The third-order valence-corrected chi connectivity index (χ3v) is 11.6. The van der Waals surface area contributed by atoms with Crippen molar-refractivity contribution in [1.29, 1.82) is 0 Å². The summed E-state index contributed by atoms with van der Waals surface area (Å²) in [7, 11) is 1.34. The highest BCUT2D eigenvalue weighted by Crippen LogP contribution is 2.38. The highest BCUT2D eigenvalue weighted by Gasteiger charge is 2.20. The van der Waals surface area contributed by atoms with E-state index in [0.717, 1.165) is 32.1 Å². The van der Waals surface area contributed by atoms with Crippen LogP contribution in [0.5, 0.6) is 0 Å². The Kier molecular flexibility index (Phi) is 40.2. The van der Waals surface area contributed by atoms with Crippen LogP contribution in [-0.4, -0.2) is 64.1 Å². The Hall–Kier alpha value is -0.920. The van der Waals surface area contributed by atoms with Crippen LogP contribution in [0.1, 0.15) is 232 Å². The lowest BCUT2D eigenvalue weighted by Crippen LogP contribution is -2.37. The van der Waals surface area contributed by atoms with E-state index < -0.39 is 13.9 Å². The van der Waals surface area contributed by atoms with E-state index in [0.29, 0.717) is 17.4 Å². The van der Waals surface area contributed by atoms with Crippen LogP contribution in [0.15, 0.2) is 12.3 Å². The summed E-state index contributed by atoms with van der Waals surface area (Å²) >= 11 is 0. The van der Waals surface area contributed by atoms with Crippen molar-refractivity contribution in [2.75, 3.05) is 47.5 Å². The molecule has 0 fully saturated rings. The van der Waals surface area contributed by atoms with Crippen molar-refractivity contribution in [3.05, 3.63) is 12.3 Å². The predicted octanol–water partition coefficient (Wildman–Crippen LogP) is 13.9. The number of rotatable bonds is 45. The number of phosphoric acid groups is 1. The zero-order valence-corrected chi connectivity index (χ0v) is 38.7. The first-order chi connectivity index (χ1) is 27.1. The molecule has 0 spiro atoms. The molecule has 0 saturated carbocycles. The Balaban J connectivity index is 4.16. The van der Waals surface area contributed by atoms with E-state index in [1.807, 2.05) is 27.2 Å². The van der Waals surface area contributed by atoms with Gasteiger partial charge in [-0.15, -0.1) is 0 Å². The van der Waals surface area contributed by atoms with E-state index in [4.69, 9.17) is 18.5 Å². The zero-order valence-electron chi connectivity index (χ0n) is 37.9. The molecule has 0 saturated heterocycles. The fraction of sp³-hybridized carbons (Fsp3) is 0.936. The Morgan fingerprint density at radius 3 is 1.32 bits per heavy atom. The lowest BCUT2D eigenvalue weighted by atomic mass is 10.0. The van der Waals surface area contributed by atoms with E-state index in [9.17, 15) is 14.3 Å². The van der Waals surface area contributed by atoms with Crippen molar-refractivity contribution in [3.63, 3.8) is 0 Å². The quantitative estimate of drug-likeness (QED) is 0.0199. The summed E-state index contributed by atoms with van der Waals surface area (Å²) in [6.07, 6.45) is 46.1. The monoisotopic (exact) mass is 816 g/mol. The highest BCUT2D eigenvalue weighted by molar-refractivity contribution is 7.45. The smallest absolute Gasteiger partial charge is 0.306 e. The van der Waals surface area contributed by atoms with Crippen LogP contribution in [0.25, 0.3) is 0 Å². The van der Waals surface area contributed by atoms with E-state index in [-0.39, 0.29) is 25.8 Å². The maximum atomic E-state index is 12.7. The van der Waals surface area contributed by atoms with Gasteiger partial charge in [0.1, 0.15) is 19.8 Å². The zero-order chi connectivity index (χ0) is 41.3. The lowest BCUT2D eigenvalue weighted by Gasteiger charge is -2.28. The Morgan fingerprint density at radius 1 is 0.554 bits per heavy atom. The first-order valence-electron chi connectivity index (χ1n) is 24.0. The number of hydrogen-bond acceptors (Lipinski definition) is 7. The second kappa shape index (κ2) is 40.8. The van der Waals surface area contributed by atoms with Crippen LogP contribution in [0.3, 0.4) is 0 Å². The number of phosphoric ester groups is 1. The van der Waals surface area contributed by atoms with Gasteiger partial charge in [0.15, 0.2) is 6.10 Å². The molecule has 0 aromatic rings. The van der Waals surface area contributed by atoms with Crippen molar-refractivity contribution >= 4 is 13.8 Å². The molecule has 0 aromatic carbocycles. The second-order valence-corrected chi connectivity index (χ2v) is 19.0. The molecule has 334 valence electrons. The van der Waals surface area contributed by atoms with Crippen LogP contribution < -0.4 is 4.89 Å². The normalized spacial score (nSPS) is 13.7. The van der Waals surface area contributed by atoms with Crippen LogP contribution in [0, 0.1) is 0 Å². The molecular formula is C47H94NO7P. The maximum absolute atomic E-state index is 12.7. The molecule has 0 bridgehead atoms. The molecule has 0 aliphatic carbocycles. The van der Waals surface area contributed by atoms with Gasteiger partial charge in [0, 0.05) is 6.42 Å². The molecule has 8 nitrogen and oxygen atoms in total. The molecule has 0 rings (SSSR count). The van der Waals surface area contributed by atoms with Gasteiger partial charge in [0.2, 0.25) is 0 Å². The number of unbranched alkanes of at least 4 members (excludes halogenated alkanes) is 31. The molecule has 0 radical (unpaired) electrons. The minimum Gasteiger partial charge on any atom is -0.756 e. The molecule has 2 atom stereocenters. The van der Waals surface area contributed by atoms with Crippen molar-refractivity contribution < 1.29 is 37.3 Å². The van der Waals surface area contributed by atoms with Crippen LogP contribution in [-0.2, 0) is 27.9 Å². The molecule has 0 aliphatic heterocycles. The summed E-state index contributed by atoms with van der Waals surface area (Å²) in [6.45, 7) is 4.78. The number of allylic oxidation sites excluding steroid dienone is 1. The Bertz CT molecular complexity index is 909. The SMILES string of the molecule is CCCCCCCCCCCCCC/C=C/OC[C@H](COP(=O)([O-])OCC[N+](C)(C)C)OC(=O)CCCCCCCCCCCCCCCCCCCCCC. The highest BCUT2D eigenvalue weighted by atomic mass is 31.2. The van der Waals surface area contributed by atoms with Crippen LogP contribution in [0.2, 0.25) is 0 Å². The summed E-state index contributed by atoms with van der Waals surface area (Å²) in [6, 6.07) is 0. The second-order valence-electron chi connectivity index (χ2n) is 17.6. The number of carbonyl (C=O) groups is 1. The molecule has 0 amide bonds. The first kappa shape index (κ1) is 55.1. The van der Waals surface area contributed by atoms with Gasteiger partial charge in [0.25, 0.3) is 7.82 Å². The largest absolute Gasteiger partial charge is 0.756 e. The van der Waals surface area contributed by atoms with Gasteiger partial charge < -0.3 is 27.9 Å². The molecular weight excluding hydrogens is 721 g/mol. The van der Waals surface area contributed by atoms with Gasteiger partial charge in [-0.25, -0.2) is 0 Å². The third kappa shape index (κ3) is 44.2. The summed E-state index contributed by atoms with van der Waals surface area (Å²) in [5, 5.41) is 0. The van der Waals surface area contributed by atoms with Gasteiger partial charge in [-0.1, -0.05) is 206 Å². The topological polar surface area (TPSA) is 94.1 Å². The fourth-order valence-corrected chi connectivity index (χ4v) is 7.65. The standard InChI is InChI=1S/C47H94NO7P/c1-6-8-10-12-14-16-18-20-22-23-24-25-26-27-28-30-32-34-36-38-40-47(49)55-46(45-54-56(50,51)53-43-41-48(3,4)5)44-52-42-39-37-35-33-31-29-21-19-17-15-13-11-9-7-2/h39,42,46H,6-38,40-41,43-45H2,1-5H3/b42-39+/t46-/m1/s1. The Labute approximate surface area is 348 Å². The van der Waals surface area contributed by atoms with Crippen molar-refractivity contribution in [2.45, 2.75) is 238 Å². The van der Waals surface area contributed by atoms with Gasteiger partial charge in [-0.2, -0.15) is 0 Å². The average molecular weight is 816 g/mol. The van der Waals surface area contributed by atoms with Crippen LogP contribution >= 0.6 is 7.82 Å². The van der Waals surface area contributed by atoms with E-state index in [1.165, 1.54) is 180 Å². The molecule has 0 N–H and O–H groups in total. The minimum atomic E-state index is -4.54. The number of quaternary nitrogens is 1. The first-order valence-corrected chi connectivity index (χ1v) is 25.4. The number of ether oxygens (including phenoxy) is 2.